The molecule has 5 nitrogen and oxygen atoms in total. The van der Waals surface area contributed by atoms with Crippen molar-refractivity contribution in [3.8, 4) is 6.07 Å². The van der Waals surface area contributed by atoms with Crippen LogP contribution in [0.3, 0.4) is 0 Å². The van der Waals surface area contributed by atoms with Crippen molar-refractivity contribution < 1.29 is 4.79 Å². The second kappa shape index (κ2) is 6.34. The molecule has 0 atom stereocenters. The van der Waals surface area contributed by atoms with Crippen molar-refractivity contribution in [1.29, 1.82) is 5.26 Å². The number of nitrogens with one attached hydrogen (secondary N) is 1. The van der Waals surface area contributed by atoms with Gasteiger partial charge in [-0.15, -0.1) is 0 Å². The van der Waals surface area contributed by atoms with Crippen LogP contribution in [0.25, 0.3) is 0 Å². The van der Waals surface area contributed by atoms with Crippen molar-refractivity contribution >= 4 is 17.5 Å². The number of amides is 1. The molecule has 0 aliphatic carbocycles. The fraction of sp³-hybridized carbons (Fsp3) is 0.417. The van der Waals surface area contributed by atoms with E-state index in [0.717, 1.165) is 5.56 Å². The Hall–Kier alpha value is -1.64. The zero-order chi connectivity index (χ0) is 13.7. The number of carbonyl (C=O) groups is 1. The zero-order valence-corrected chi connectivity index (χ0v) is 11.1. The lowest BCUT2D eigenvalue weighted by Gasteiger charge is -2.11. The van der Waals surface area contributed by atoms with Crippen molar-refractivity contribution in [2.45, 2.75) is 20.3 Å². The number of aryl methyl sites for hydroxylation is 1. The number of rotatable bonds is 4. The van der Waals surface area contributed by atoms with Gasteiger partial charge in [0.2, 0.25) is 5.91 Å². The van der Waals surface area contributed by atoms with E-state index in [-0.39, 0.29) is 17.5 Å². The van der Waals surface area contributed by atoms with E-state index in [0.29, 0.717) is 29.9 Å². The van der Waals surface area contributed by atoms with Gasteiger partial charge in [-0.3, -0.25) is 4.79 Å². The molecule has 0 unspecified atom stereocenters. The minimum atomic E-state index is -0.139. The van der Waals surface area contributed by atoms with Crippen LogP contribution in [0.5, 0.6) is 0 Å². The van der Waals surface area contributed by atoms with Gasteiger partial charge in [0.15, 0.2) is 0 Å². The van der Waals surface area contributed by atoms with Crippen molar-refractivity contribution in [1.82, 2.24) is 10.3 Å². The molecule has 1 rings (SSSR count). The van der Waals surface area contributed by atoms with E-state index < -0.39 is 0 Å². The highest BCUT2D eigenvalue weighted by Crippen LogP contribution is 2.22. The first-order valence-electron chi connectivity index (χ1n) is 5.53. The van der Waals surface area contributed by atoms with Crippen LogP contribution < -0.4 is 11.1 Å². The Bertz CT molecular complexity index is 508. The van der Waals surface area contributed by atoms with Gasteiger partial charge in [0.1, 0.15) is 11.2 Å². The lowest BCUT2D eigenvalue weighted by molar-refractivity contribution is -0.120. The van der Waals surface area contributed by atoms with Crippen molar-refractivity contribution in [3.63, 3.8) is 0 Å². The molecule has 0 bridgehead atoms. The van der Waals surface area contributed by atoms with Gasteiger partial charge in [0.05, 0.1) is 12.0 Å². The van der Waals surface area contributed by atoms with E-state index in [1.165, 1.54) is 0 Å². The monoisotopic (exact) mass is 266 g/mol. The van der Waals surface area contributed by atoms with Gasteiger partial charge in [0.25, 0.3) is 0 Å². The molecule has 0 saturated carbocycles. The summed E-state index contributed by atoms with van der Waals surface area (Å²) < 4.78 is 0. The minimum Gasteiger partial charge on any atom is -0.355 e. The Morgan fingerprint density at radius 3 is 2.78 bits per heavy atom. The average Bonchev–Trinajstić information content (AvgIpc) is 2.32. The van der Waals surface area contributed by atoms with Gasteiger partial charge in [-0.2, -0.15) is 5.26 Å². The number of hydrogen-bond acceptors (Lipinski definition) is 4. The summed E-state index contributed by atoms with van der Waals surface area (Å²) >= 11 is 5.88. The summed E-state index contributed by atoms with van der Waals surface area (Å²) in [6, 6.07) is 2.00. The van der Waals surface area contributed by atoms with E-state index >= 15 is 0 Å². The standard InChI is InChI=1S/C12H15ClN4O/c1-7-9(5-11(18)16-4-3-14)8(2)17-12(13)10(7)6-15/h3-5,14H2,1-2H3,(H,16,18). The molecule has 1 heterocycles. The lowest BCUT2D eigenvalue weighted by Crippen LogP contribution is -2.30. The fourth-order valence-corrected chi connectivity index (χ4v) is 1.98. The maximum absolute atomic E-state index is 11.7. The summed E-state index contributed by atoms with van der Waals surface area (Å²) in [5.41, 5.74) is 7.74. The summed E-state index contributed by atoms with van der Waals surface area (Å²) in [5, 5.41) is 11.9. The van der Waals surface area contributed by atoms with E-state index in [4.69, 9.17) is 22.6 Å². The molecule has 3 N–H and O–H groups in total. The van der Waals surface area contributed by atoms with Gasteiger partial charge < -0.3 is 11.1 Å². The van der Waals surface area contributed by atoms with Crippen LogP contribution in [-0.4, -0.2) is 24.0 Å². The Kier molecular flexibility index (Phi) is 5.08. The molecule has 0 spiro atoms. The molecule has 0 aliphatic rings. The highest BCUT2D eigenvalue weighted by atomic mass is 35.5. The Balaban J connectivity index is 3.03. The number of hydrogen-bond donors (Lipinski definition) is 2. The van der Waals surface area contributed by atoms with Gasteiger partial charge in [-0.05, 0) is 25.0 Å². The van der Waals surface area contributed by atoms with Crippen LogP contribution in [0.1, 0.15) is 22.4 Å². The summed E-state index contributed by atoms with van der Waals surface area (Å²) in [4.78, 5) is 15.7. The summed E-state index contributed by atoms with van der Waals surface area (Å²) in [6.07, 6.45) is 0.177. The number of halogens is 1. The molecule has 1 aromatic heterocycles. The average molecular weight is 267 g/mol. The topological polar surface area (TPSA) is 91.8 Å². The maximum atomic E-state index is 11.7. The molecule has 18 heavy (non-hydrogen) atoms. The van der Waals surface area contributed by atoms with Gasteiger partial charge in [-0.25, -0.2) is 4.98 Å². The summed E-state index contributed by atoms with van der Waals surface area (Å²) in [7, 11) is 0. The van der Waals surface area contributed by atoms with Crippen LogP contribution >= 0.6 is 11.6 Å². The van der Waals surface area contributed by atoms with Crippen LogP contribution in [0.15, 0.2) is 0 Å². The van der Waals surface area contributed by atoms with Crippen molar-refractivity contribution in [3.05, 3.63) is 27.5 Å². The third-order valence-electron chi connectivity index (χ3n) is 2.65. The highest BCUT2D eigenvalue weighted by Gasteiger charge is 2.15. The quantitative estimate of drug-likeness (QED) is 0.790. The molecule has 1 amide bonds. The van der Waals surface area contributed by atoms with Crippen molar-refractivity contribution in [2.24, 2.45) is 5.73 Å². The normalized spacial score (nSPS) is 9.94. The van der Waals surface area contributed by atoms with Gasteiger partial charge >= 0.3 is 0 Å². The SMILES string of the molecule is Cc1nc(Cl)c(C#N)c(C)c1CC(=O)NCCN. The number of nitrogens with zero attached hydrogens (tertiary/aromatic N) is 2. The van der Waals surface area contributed by atoms with Crippen molar-refractivity contribution in [2.75, 3.05) is 13.1 Å². The first-order chi connectivity index (χ1) is 8.51. The number of pyridine rings is 1. The first-order valence-corrected chi connectivity index (χ1v) is 5.91. The Morgan fingerprint density at radius 2 is 2.22 bits per heavy atom. The lowest BCUT2D eigenvalue weighted by atomic mass is 10.0. The molecule has 96 valence electrons. The van der Waals surface area contributed by atoms with Crippen LogP contribution in [0.2, 0.25) is 5.15 Å². The predicted molar refractivity (Wildman–Crippen MR) is 69.2 cm³/mol. The molecule has 0 fully saturated rings. The third kappa shape index (κ3) is 3.19. The second-order valence-corrected chi connectivity index (χ2v) is 4.25. The van der Waals surface area contributed by atoms with E-state index in [1.54, 1.807) is 13.8 Å². The molecule has 0 aliphatic heterocycles. The van der Waals surface area contributed by atoms with E-state index in [9.17, 15) is 4.79 Å². The van der Waals surface area contributed by atoms with Crippen LogP contribution in [0.4, 0.5) is 0 Å². The summed E-state index contributed by atoms with van der Waals surface area (Å²) in [5.74, 6) is -0.139. The molecule has 6 heteroatoms. The minimum absolute atomic E-state index is 0.139. The zero-order valence-electron chi connectivity index (χ0n) is 10.4. The Morgan fingerprint density at radius 1 is 1.56 bits per heavy atom. The molecular formula is C12H15ClN4O. The van der Waals surface area contributed by atoms with E-state index in [2.05, 4.69) is 10.3 Å². The Labute approximate surface area is 111 Å². The molecule has 0 aromatic carbocycles. The third-order valence-corrected chi connectivity index (χ3v) is 2.93. The molecule has 0 radical (unpaired) electrons. The van der Waals surface area contributed by atoms with E-state index in [1.807, 2.05) is 6.07 Å². The molecular weight excluding hydrogens is 252 g/mol. The van der Waals surface area contributed by atoms with Crippen LogP contribution in [0, 0.1) is 25.2 Å². The second-order valence-electron chi connectivity index (χ2n) is 3.89. The highest BCUT2D eigenvalue weighted by molar-refractivity contribution is 6.30. The largest absolute Gasteiger partial charge is 0.355 e. The van der Waals surface area contributed by atoms with Gasteiger partial charge in [0, 0.05) is 18.8 Å². The molecule has 0 saturated heterocycles. The summed E-state index contributed by atoms with van der Waals surface area (Å²) in [6.45, 7) is 4.37. The van der Waals surface area contributed by atoms with Gasteiger partial charge in [-0.1, -0.05) is 11.6 Å². The fourth-order valence-electron chi connectivity index (χ4n) is 1.67. The number of aromatic nitrogens is 1. The number of nitrogens with two attached hydrogens (primary N) is 1. The maximum Gasteiger partial charge on any atom is 0.224 e. The van der Waals surface area contributed by atoms with Crippen LogP contribution in [-0.2, 0) is 11.2 Å². The number of nitriles is 1. The first kappa shape index (κ1) is 14.4. The predicted octanol–water partition coefficient (Wildman–Crippen LogP) is 0.841. The number of carbonyl (C=O) groups excluding carboxylic acids is 1. The smallest absolute Gasteiger partial charge is 0.224 e. The molecule has 1 aromatic rings.